The fourth-order valence-electron chi connectivity index (χ4n) is 2.76. The van der Waals surface area contributed by atoms with Crippen molar-refractivity contribution in [2.45, 2.75) is 44.8 Å². The van der Waals surface area contributed by atoms with E-state index >= 15 is 0 Å². The van der Waals surface area contributed by atoms with Crippen LogP contribution in [0.4, 0.5) is 11.4 Å². The Morgan fingerprint density at radius 3 is 2.48 bits per heavy atom. The van der Waals surface area contributed by atoms with Crippen LogP contribution >= 0.6 is 0 Å². The number of benzene rings is 1. The lowest BCUT2D eigenvalue weighted by Crippen LogP contribution is -2.29. The van der Waals surface area contributed by atoms with Crippen molar-refractivity contribution in [1.29, 1.82) is 0 Å². The van der Waals surface area contributed by atoms with Crippen molar-refractivity contribution in [1.82, 2.24) is 0 Å². The number of amides is 1. The van der Waals surface area contributed by atoms with Gasteiger partial charge in [-0.2, -0.15) is 0 Å². The van der Waals surface area contributed by atoms with Gasteiger partial charge in [-0.15, -0.1) is 0 Å². The van der Waals surface area contributed by atoms with Crippen molar-refractivity contribution in [2.75, 3.05) is 17.7 Å². The van der Waals surface area contributed by atoms with Gasteiger partial charge in [0.15, 0.2) is 0 Å². The summed E-state index contributed by atoms with van der Waals surface area (Å²) < 4.78 is 4.99. The first kappa shape index (κ1) is 17.3. The molecule has 3 N–H and O–H groups in total. The molecule has 1 saturated carbocycles. The normalized spacial score (nSPS) is 22.2. The quantitative estimate of drug-likeness (QED) is 0.750. The molecule has 1 aliphatic rings. The summed E-state index contributed by atoms with van der Waals surface area (Å²) in [5, 5.41) is 15.3. The van der Waals surface area contributed by atoms with Crippen molar-refractivity contribution in [3.63, 3.8) is 0 Å². The summed E-state index contributed by atoms with van der Waals surface area (Å²) in [6.07, 6.45) is 2.59. The Bertz CT molecular complexity index is 553. The highest BCUT2D eigenvalue weighted by Gasteiger charge is 2.25. The zero-order chi connectivity index (χ0) is 16.8. The smallest absolute Gasteiger partial charge is 0.306 e. The lowest BCUT2D eigenvalue weighted by atomic mass is 9.86. The number of anilines is 2. The number of hydrogen-bond donors (Lipinski definition) is 3. The Hall–Kier alpha value is -2.08. The first-order valence-electron chi connectivity index (χ1n) is 7.92. The SMILES string of the molecule is COC(C)C(=O)Nc1cccc(NC2CCC(C(=O)O)CC2)c1. The molecule has 0 bridgehead atoms. The molecule has 23 heavy (non-hydrogen) atoms. The molecule has 1 atom stereocenters. The highest BCUT2D eigenvalue weighted by Crippen LogP contribution is 2.27. The number of nitrogens with one attached hydrogen (secondary N) is 2. The van der Waals surface area contributed by atoms with Gasteiger partial charge in [-0.25, -0.2) is 0 Å². The summed E-state index contributed by atoms with van der Waals surface area (Å²) in [5.74, 6) is -1.10. The van der Waals surface area contributed by atoms with Crippen molar-refractivity contribution >= 4 is 23.3 Å². The van der Waals surface area contributed by atoms with E-state index in [1.54, 1.807) is 6.92 Å². The second-order valence-electron chi connectivity index (χ2n) is 5.98. The zero-order valence-electron chi connectivity index (χ0n) is 13.5. The van der Waals surface area contributed by atoms with Crippen LogP contribution in [0.5, 0.6) is 0 Å². The highest BCUT2D eigenvalue weighted by molar-refractivity contribution is 5.94. The van der Waals surface area contributed by atoms with E-state index < -0.39 is 12.1 Å². The first-order chi connectivity index (χ1) is 11.0. The zero-order valence-corrected chi connectivity index (χ0v) is 13.5. The predicted octanol–water partition coefficient (Wildman–Crippen LogP) is 2.72. The molecule has 2 rings (SSSR count). The van der Waals surface area contributed by atoms with E-state index in [-0.39, 0.29) is 17.9 Å². The van der Waals surface area contributed by atoms with E-state index in [9.17, 15) is 9.59 Å². The number of carbonyl (C=O) groups excluding carboxylic acids is 1. The van der Waals surface area contributed by atoms with Crippen LogP contribution in [0.1, 0.15) is 32.6 Å². The van der Waals surface area contributed by atoms with Crippen LogP contribution in [-0.4, -0.2) is 36.2 Å². The fraction of sp³-hybridized carbons (Fsp3) is 0.529. The first-order valence-corrected chi connectivity index (χ1v) is 7.92. The van der Waals surface area contributed by atoms with Gasteiger partial charge in [0.05, 0.1) is 5.92 Å². The Kier molecular flexibility index (Phi) is 5.98. The Labute approximate surface area is 136 Å². The Morgan fingerprint density at radius 1 is 1.22 bits per heavy atom. The molecule has 0 aliphatic heterocycles. The lowest BCUT2D eigenvalue weighted by molar-refractivity contribution is -0.142. The molecule has 6 heteroatoms. The summed E-state index contributed by atoms with van der Waals surface area (Å²) in [6.45, 7) is 1.69. The maximum absolute atomic E-state index is 11.8. The molecule has 1 unspecified atom stereocenters. The standard InChI is InChI=1S/C17H24N2O4/c1-11(23-2)16(20)19-15-5-3-4-14(10-15)18-13-8-6-12(7-9-13)17(21)22/h3-5,10-13,18H,6-9H2,1-2H3,(H,19,20)(H,21,22). The van der Waals surface area contributed by atoms with E-state index in [2.05, 4.69) is 10.6 Å². The predicted molar refractivity (Wildman–Crippen MR) is 88.5 cm³/mol. The van der Waals surface area contributed by atoms with Crippen LogP contribution in [-0.2, 0) is 14.3 Å². The molecule has 1 aliphatic carbocycles. The minimum absolute atomic E-state index is 0.188. The van der Waals surface area contributed by atoms with E-state index in [0.29, 0.717) is 18.5 Å². The molecule has 1 amide bonds. The van der Waals surface area contributed by atoms with Gasteiger partial charge in [-0.1, -0.05) is 6.07 Å². The number of carboxylic acids is 1. The van der Waals surface area contributed by atoms with Crippen LogP contribution in [0.2, 0.25) is 0 Å². The van der Waals surface area contributed by atoms with Gasteiger partial charge in [0.25, 0.3) is 5.91 Å². The second-order valence-corrected chi connectivity index (χ2v) is 5.98. The number of carboxylic acid groups (broad SMARTS) is 1. The number of carbonyl (C=O) groups is 2. The topological polar surface area (TPSA) is 87.7 Å². The van der Waals surface area contributed by atoms with Crippen LogP contribution < -0.4 is 10.6 Å². The molecule has 0 saturated heterocycles. The molecule has 0 heterocycles. The molecule has 6 nitrogen and oxygen atoms in total. The lowest BCUT2D eigenvalue weighted by Gasteiger charge is -2.27. The van der Waals surface area contributed by atoms with E-state index in [1.807, 2.05) is 24.3 Å². The highest BCUT2D eigenvalue weighted by atomic mass is 16.5. The second kappa shape index (κ2) is 7.97. The van der Waals surface area contributed by atoms with E-state index in [0.717, 1.165) is 18.5 Å². The van der Waals surface area contributed by atoms with Crippen molar-refractivity contribution in [2.24, 2.45) is 5.92 Å². The summed E-state index contributed by atoms with van der Waals surface area (Å²) in [4.78, 5) is 22.8. The van der Waals surface area contributed by atoms with Crippen molar-refractivity contribution in [3.05, 3.63) is 24.3 Å². The van der Waals surface area contributed by atoms with Gasteiger partial charge in [0.2, 0.25) is 0 Å². The third-order valence-electron chi connectivity index (χ3n) is 4.30. The number of aliphatic carboxylic acids is 1. The molecule has 1 aromatic rings. The van der Waals surface area contributed by atoms with Gasteiger partial charge in [-0.05, 0) is 50.8 Å². The largest absolute Gasteiger partial charge is 0.481 e. The number of rotatable bonds is 6. The summed E-state index contributed by atoms with van der Waals surface area (Å²) in [5.41, 5.74) is 1.63. The van der Waals surface area contributed by atoms with Gasteiger partial charge in [-0.3, -0.25) is 9.59 Å². The van der Waals surface area contributed by atoms with E-state index in [4.69, 9.17) is 9.84 Å². The van der Waals surface area contributed by atoms with Crippen LogP contribution in [0.25, 0.3) is 0 Å². The molecule has 0 spiro atoms. The minimum Gasteiger partial charge on any atom is -0.481 e. The van der Waals surface area contributed by atoms with Crippen LogP contribution in [0.15, 0.2) is 24.3 Å². The third-order valence-corrected chi connectivity index (χ3v) is 4.30. The maximum atomic E-state index is 11.8. The molecule has 1 aromatic carbocycles. The Balaban J connectivity index is 1.90. The maximum Gasteiger partial charge on any atom is 0.306 e. The van der Waals surface area contributed by atoms with Gasteiger partial charge < -0.3 is 20.5 Å². The molecule has 126 valence electrons. The van der Waals surface area contributed by atoms with E-state index in [1.165, 1.54) is 7.11 Å². The van der Waals surface area contributed by atoms with Gasteiger partial charge >= 0.3 is 5.97 Å². The fourth-order valence-corrected chi connectivity index (χ4v) is 2.76. The number of ether oxygens (including phenoxy) is 1. The molecular weight excluding hydrogens is 296 g/mol. The van der Waals surface area contributed by atoms with Gasteiger partial charge in [0, 0.05) is 24.5 Å². The minimum atomic E-state index is -0.694. The van der Waals surface area contributed by atoms with Crippen molar-refractivity contribution < 1.29 is 19.4 Å². The number of methoxy groups -OCH3 is 1. The third kappa shape index (κ3) is 4.96. The molecular formula is C17H24N2O4. The molecule has 0 aromatic heterocycles. The number of hydrogen-bond acceptors (Lipinski definition) is 4. The summed E-state index contributed by atoms with van der Waals surface area (Å²) in [6, 6.07) is 7.79. The summed E-state index contributed by atoms with van der Waals surface area (Å²) in [7, 11) is 1.50. The monoisotopic (exact) mass is 320 g/mol. The Morgan fingerprint density at radius 2 is 1.87 bits per heavy atom. The van der Waals surface area contributed by atoms with Crippen LogP contribution in [0.3, 0.4) is 0 Å². The summed E-state index contributed by atoms with van der Waals surface area (Å²) >= 11 is 0. The molecule has 0 radical (unpaired) electrons. The van der Waals surface area contributed by atoms with Gasteiger partial charge in [0.1, 0.15) is 6.10 Å². The molecule has 1 fully saturated rings. The van der Waals surface area contributed by atoms with Crippen LogP contribution in [0, 0.1) is 5.92 Å². The average Bonchev–Trinajstić information content (AvgIpc) is 2.54. The van der Waals surface area contributed by atoms with Crippen molar-refractivity contribution in [3.8, 4) is 0 Å². The average molecular weight is 320 g/mol.